The molecule has 102 valence electrons. The molecule has 2 atom stereocenters. The molecule has 2 aliphatic heterocycles. The van der Waals surface area contributed by atoms with Gasteiger partial charge in [-0.3, -0.25) is 0 Å². The van der Waals surface area contributed by atoms with Crippen LogP contribution in [0.5, 0.6) is 0 Å². The lowest BCUT2D eigenvalue weighted by atomic mass is 9.97. The molecule has 0 saturated carbocycles. The Kier molecular flexibility index (Phi) is 4.30. The number of imidazole rings is 1. The maximum atomic E-state index is 6.01. The summed E-state index contributed by atoms with van der Waals surface area (Å²) in [7, 11) is 2.21. The van der Waals surface area contributed by atoms with E-state index in [1.54, 1.807) is 0 Å². The van der Waals surface area contributed by atoms with E-state index in [2.05, 4.69) is 21.5 Å². The molecule has 1 aromatic heterocycles. The number of rotatable bonds is 1. The van der Waals surface area contributed by atoms with Gasteiger partial charge in [0.2, 0.25) is 0 Å². The molecule has 0 bridgehead atoms. The van der Waals surface area contributed by atoms with E-state index < -0.39 is 0 Å². The van der Waals surface area contributed by atoms with E-state index in [1.165, 1.54) is 30.9 Å². The summed E-state index contributed by atoms with van der Waals surface area (Å²) < 4.78 is 2.42. The molecule has 1 saturated heterocycles. The van der Waals surface area contributed by atoms with Gasteiger partial charge in [0.05, 0.1) is 0 Å². The molecule has 5 heteroatoms. The Balaban J connectivity index is 0.00000120. The molecule has 3 rings (SSSR count). The van der Waals surface area contributed by atoms with E-state index in [9.17, 15) is 0 Å². The van der Waals surface area contributed by atoms with Crippen molar-refractivity contribution < 1.29 is 0 Å². The normalized spacial score (nSPS) is 28.6. The van der Waals surface area contributed by atoms with Crippen LogP contribution < -0.4 is 5.73 Å². The van der Waals surface area contributed by atoms with Crippen molar-refractivity contribution in [3.8, 4) is 0 Å². The third-order valence-electron chi connectivity index (χ3n) is 4.15. The summed E-state index contributed by atoms with van der Waals surface area (Å²) >= 11 is 0. The van der Waals surface area contributed by atoms with Crippen molar-refractivity contribution in [2.24, 2.45) is 5.73 Å². The molecule has 18 heavy (non-hydrogen) atoms. The van der Waals surface area contributed by atoms with Crippen LogP contribution in [0.25, 0.3) is 0 Å². The topological polar surface area (TPSA) is 47.1 Å². The van der Waals surface area contributed by atoms with Crippen LogP contribution >= 0.6 is 12.4 Å². The molecule has 1 fully saturated rings. The van der Waals surface area contributed by atoms with Gasteiger partial charge in [-0.1, -0.05) is 0 Å². The minimum Gasteiger partial charge on any atom is -0.332 e. The average molecular weight is 271 g/mol. The molecule has 0 aliphatic carbocycles. The Morgan fingerprint density at radius 2 is 2.17 bits per heavy atom. The van der Waals surface area contributed by atoms with E-state index in [0.29, 0.717) is 12.0 Å². The second-order valence-corrected chi connectivity index (χ2v) is 5.61. The number of hydrogen-bond acceptors (Lipinski definition) is 3. The standard InChI is InChI=1S/C13H22N4.ClH/c1-16-5-2-3-10(9-16)13-15-8-12-7-11(14)4-6-17(12)13;/h8,10-11H,2-7,9,14H2,1H3;1H. The smallest absolute Gasteiger partial charge is 0.113 e. The summed E-state index contributed by atoms with van der Waals surface area (Å²) in [5, 5.41) is 0. The molecule has 1 aromatic rings. The summed E-state index contributed by atoms with van der Waals surface area (Å²) in [5.41, 5.74) is 7.35. The Bertz CT molecular complexity index is 404. The van der Waals surface area contributed by atoms with E-state index in [4.69, 9.17) is 5.73 Å². The average Bonchev–Trinajstić information content (AvgIpc) is 2.71. The first-order chi connectivity index (χ1) is 8.24. The first kappa shape index (κ1) is 13.8. The highest BCUT2D eigenvalue weighted by molar-refractivity contribution is 5.85. The predicted molar refractivity (Wildman–Crippen MR) is 75.2 cm³/mol. The van der Waals surface area contributed by atoms with Crippen molar-refractivity contribution >= 4 is 12.4 Å². The van der Waals surface area contributed by atoms with Gasteiger partial charge < -0.3 is 15.2 Å². The molecule has 0 aromatic carbocycles. The van der Waals surface area contributed by atoms with Crippen LogP contribution in [-0.2, 0) is 13.0 Å². The van der Waals surface area contributed by atoms with E-state index >= 15 is 0 Å². The minimum atomic E-state index is 0. The maximum absolute atomic E-state index is 6.01. The molecular weight excluding hydrogens is 248 g/mol. The first-order valence-corrected chi connectivity index (χ1v) is 6.72. The highest BCUT2D eigenvalue weighted by Gasteiger charge is 2.26. The monoisotopic (exact) mass is 270 g/mol. The van der Waals surface area contributed by atoms with Crippen molar-refractivity contribution in [3.05, 3.63) is 17.7 Å². The van der Waals surface area contributed by atoms with Gasteiger partial charge in [0.15, 0.2) is 0 Å². The SMILES string of the molecule is CN1CCCC(c2ncc3n2CCC(N)C3)C1.Cl. The van der Waals surface area contributed by atoms with Crippen LogP contribution in [-0.4, -0.2) is 40.6 Å². The largest absolute Gasteiger partial charge is 0.332 e. The lowest BCUT2D eigenvalue weighted by molar-refractivity contribution is 0.241. The van der Waals surface area contributed by atoms with Crippen LogP contribution in [0, 0.1) is 0 Å². The summed E-state index contributed by atoms with van der Waals surface area (Å²) in [6, 6.07) is 0.334. The number of likely N-dealkylation sites (tertiary alicyclic amines) is 1. The van der Waals surface area contributed by atoms with Gasteiger partial charge in [-0.05, 0) is 32.9 Å². The quantitative estimate of drug-likeness (QED) is 0.839. The molecule has 0 amide bonds. The summed E-state index contributed by atoms with van der Waals surface area (Å²) in [6.45, 7) is 3.45. The van der Waals surface area contributed by atoms with Gasteiger partial charge in [0.1, 0.15) is 5.82 Å². The zero-order chi connectivity index (χ0) is 11.8. The number of likely N-dealkylation sites (N-methyl/N-ethyl adjacent to an activating group) is 1. The molecule has 0 radical (unpaired) electrons. The van der Waals surface area contributed by atoms with E-state index in [-0.39, 0.29) is 12.4 Å². The number of piperidine rings is 1. The van der Waals surface area contributed by atoms with Gasteiger partial charge in [-0.2, -0.15) is 0 Å². The molecule has 4 nitrogen and oxygen atoms in total. The third kappa shape index (κ3) is 2.56. The summed E-state index contributed by atoms with van der Waals surface area (Å²) in [4.78, 5) is 7.09. The predicted octanol–water partition coefficient (Wildman–Crippen LogP) is 1.39. The highest BCUT2D eigenvalue weighted by atomic mass is 35.5. The second-order valence-electron chi connectivity index (χ2n) is 5.61. The fourth-order valence-electron chi connectivity index (χ4n) is 3.22. The highest BCUT2D eigenvalue weighted by Crippen LogP contribution is 2.28. The second kappa shape index (κ2) is 5.59. The van der Waals surface area contributed by atoms with Gasteiger partial charge in [-0.15, -0.1) is 12.4 Å². The lowest BCUT2D eigenvalue weighted by Crippen LogP contribution is -2.34. The summed E-state index contributed by atoms with van der Waals surface area (Å²) in [6.07, 6.45) is 6.72. The molecule has 3 heterocycles. The molecule has 0 spiro atoms. The number of fused-ring (bicyclic) bond motifs is 1. The van der Waals surface area contributed by atoms with E-state index in [1.807, 2.05) is 6.20 Å². The van der Waals surface area contributed by atoms with Crippen molar-refractivity contribution in [1.82, 2.24) is 14.5 Å². The van der Waals surface area contributed by atoms with Crippen LogP contribution in [0.1, 0.15) is 36.7 Å². The number of nitrogens with zero attached hydrogens (tertiary/aromatic N) is 3. The summed E-state index contributed by atoms with van der Waals surface area (Å²) in [5.74, 6) is 1.93. The zero-order valence-electron chi connectivity index (χ0n) is 11.0. The van der Waals surface area contributed by atoms with Crippen molar-refractivity contribution in [2.75, 3.05) is 20.1 Å². The minimum absolute atomic E-state index is 0. The van der Waals surface area contributed by atoms with Gasteiger partial charge in [0.25, 0.3) is 0 Å². The Morgan fingerprint density at radius 3 is 2.94 bits per heavy atom. The fourth-order valence-corrected chi connectivity index (χ4v) is 3.22. The number of hydrogen-bond donors (Lipinski definition) is 1. The number of halogens is 1. The van der Waals surface area contributed by atoms with Crippen molar-refractivity contribution in [3.63, 3.8) is 0 Å². The lowest BCUT2D eigenvalue weighted by Gasteiger charge is -2.31. The van der Waals surface area contributed by atoms with Crippen molar-refractivity contribution in [2.45, 2.75) is 44.2 Å². The number of nitrogens with two attached hydrogens (primary N) is 1. The molecule has 2 N–H and O–H groups in total. The molecule has 2 unspecified atom stereocenters. The van der Waals surface area contributed by atoms with Gasteiger partial charge in [0, 0.05) is 43.4 Å². The van der Waals surface area contributed by atoms with Crippen LogP contribution in [0.2, 0.25) is 0 Å². The van der Waals surface area contributed by atoms with Crippen LogP contribution in [0.3, 0.4) is 0 Å². The van der Waals surface area contributed by atoms with E-state index in [0.717, 1.165) is 25.9 Å². The van der Waals surface area contributed by atoms with Crippen LogP contribution in [0.15, 0.2) is 6.20 Å². The Hall–Kier alpha value is -0.580. The zero-order valence-corrected chi connectivity index (χ0v) is 11.8. The third-order valence-corrected chi connectivity index (χ3v) is 4.15. The van der Waals surface area contributed by atoms with Gasteiger partial charge in [-0.25, -0.2) is 4.98 Å². The fraction of sp³-hybridized carbons (Fsp3) is 0.769. The molecular formula is C13H23ClN4. The Labute approximate surface area is 115 Å². The number of aromatic nitrogens is 2. The molecule has 2 aliphatic rings. The van der Waals surface area contributed by atoms with Crippen LogP contribution in [0.4, 0.5) is 0 Å². The van der Waals surface area contributed by atoms with Crippen molar-refractivity contribution in [1.29, 1.82) is 0 Å². The maximum Gasteiger partial charge on any atom is 0.113 e. The Morgan fingerprint density at radius 1 is 1.33 bits per heavy atom. The first-order valence-electron chi connectivity index (χ1n) is 6.72. The van der Waals surface area contributed by atoms with Gasteiger partial charge >= 0.3 is 0 Å².